The average molecular weight is 229 g/mol. The van der Waals surface area contributed by atoms with Crippen LogP contribution in [-0.4, -0.2) is 6.54 Å². The molecule has 0 saturated carbocycles. The van der Waals surface area contributed by atoms with Crippen LogP contribution in [0.25, 0.3) is 0 Å². The average Bonchev–Trinajstić information content (AvgIpc) is 2.82. The fourth-order valence-electron chi connectivity index (χ4n) is 2.27. The number of hydrogen-bond acceptors (Lipinski definition) is 3. The van der Waals surface area contributed by atoms with Gasteiger partial charge in [0.15, 0.2) is 0 Å². The molecule has 1 atom stereocenters. The van der Waals surface area contributed by atoms with Crippen LogP contribution in [0.5, 0.6) is 5.75 Å². The summed E-state index contributed by atoms with van der Waals surface area (Å²) in [6.45, 7) is 4.94. The Kier molecular flexibility index (Phi) is 2.32. The standard InChI is InChI=1S/C14H15NO2/c1-9-5-10(2)14-12(6-9)15-7-13(17-14)11-3-4-16-8-11/h3-6,8,13,15H,7H2,1-2H3. The minimum absolute atomic E-state index is 0.0302. The quantitative estimate of drug-likeness (QED) is 0.813. The van der Waals surface area contributed by atoms with Crippen molar-refractivity contribution in [2.75, 3.05) is 11.9 Å². The minimum atomic E-state index is 0.0302. The van der Waals surface area contributed by atoms with Crippen LogP contribution in [0.15, 0.2) is 35.1 Å². The first-order chi connectivity index (χ1) is 8.24. The third kappa shape index (κ3) is 1.78. The second-order valence-electron chi connectivity index (χ2n) is 4.50. The monoisotopic (exact) mass is 229 g/mol. The molecule has 0 saturated heterocycles. The maximum absolute atomic E-state index is 6.04. The number of anilines is 1. The molecule has 0 spiro atoms. The molecule has 1 N–H and O–H groups in total. The van der Waals surface area contributed by atoms with Crippen LogP contribution in [0.3, 0.4) is 0 Å². The normalized spacial score (nSPS) is 18.1. The highest BCUT2D eigenvalue weighted by atomic mass is 16.5. The van der Waals surface area contributed by atoms with E-state index in [1.165, 1.54) is 11.1 Å². The second-order valence-corrected chi connectivity index (χ2v) is 4.50. The predicted octanol–water partition coefficient (Wildman–Crippen LogP) is 3.44. The zero-order valence-electron chi connectivity index (χ0n) is 9.99. The molecule has 1 aliphatic heterocycles. The topological polar surface area (TPSA) is 34.4 Å². The van der Waals surface area contributed by atoms with Crippen molar-refractivity contribution >= 4 is 5.69 Å². The molecule has 3 nitrogen and oxygen atoms in total. The highest BCUT2D eigenvalue weighted by molar-refractivity contribution is 5.63. The van der Waals surface area contributed by atoms with Gasteiger partial charge in [-0.1, -0.05) is 6.07 Å². The van der Waals surface area contributed by atoms with Crippen molar-refractivity contribution in [1.82, 2.24) is 0 Å². The number of nitrogens with one attached hydrogen (secondary N) is 1. The molecule has 0 radical (unpaired) electrons. The van der Waals surface area contributed by atoms with Crippen LogP contribution in [0, 0.1) is 13.8 Å². The van der Waals surface area contributed by atoms with E-state index >= 15 is 0 Å². The van der Waals surface area contributed by atoms with E-state index in [1.807, 2.05) is 6.07 Å². The van der Waals surface area contributed by atoms with Crippen LogP contribution in [-0.2, 0) is 0 Å². The SMILES string of the molecule is Cc1cc(C)c2c(c1)NCC(c1ccoc1)O2. The minimum Gasteiger partial charge on any atom is -0.481 e. The van der Waals surface area contributed by atoms with Crippen molar-refractivity contribution in [2.45, 2.75) is 20.0 Å². The van der Waals surface area contributed by atoms with Crippen LogP contribution in [0.2, 0.25) is 0 Å². The van der Waals surface area contributed by atoms with Gasteiger partial charge in [-0.3, -0.25) is 0 Å². The number of ether oxygens (including phenoxy) is 1. The third-order valence-corrected chi connectivity index (χ3v) is 3.07. The molecule has 1 aromatic heterocycles. The van der Waals surface area contributed by atoms with Gasteiger partial charge in [-0.2, -0.15) is 0 Å². The Morgan fingerprint density at radius 3 is 2.94 bits per heavy atom. The summed E-state index contributed by atoms with van der Waals surface area (Å²) in [5.41, 5.74) is 4.57. The predicted molar refractivity (Wildman–Crippen MR) is 66.5 cm³/mol. The lowest BCUT2D eigenvalue weighted by molar-refractivity contribution is 0.208. The molecule has 1 aliphatic rings. The van der Waals surface area contributed by atoms with Crippen molar-refractivity contribution in [1.29, 1.82) is 0 Å². The Labute approximate surface area is 100 Å². The van der Waals surface area contributed by atoms with Crippen LogP contribution in [0.1, 0.15) is 22.8 Å². The molecule has 1 unspecified atom stereocenters. The van der Waals surface area contributed by atoms with Crippen LogP contribution in [0.4, 0.5) is 5.69 Å². The molecule has 17 heavy (non-hydrogen) atoms. The Hall–Kier alpha value is -1.90. The fourth-order valence-corrected chi connectivity index (χ4v) is 2.27. The molecule has 0 bridgehead atoms. The van der Waals surface area contributed by atoms with E-state index in [0.29, 0.717) is 0 Å². The maximum Gasteiger partial charge on any atom is 0.146 e. The molecule has 0 fully saturated rings. The van der Waals surface area contributed by atoms with Gasteiger partial charge in [-0.05, 0) is 37.1 Å². The molecule has 2 aromatic rings. The summed E-state index contributed by atoms with van der Waals surface area (Å²) in [5, 5.41) is 3.42. The summed E-state index contributed by atoms with van der Waals surface area (Å²) in [4.78, 5) is 0. The number of rotatable bonds is 1. The van der Waals surface area contributed by atoms with Gasteiger partial charge in [0.1, 0.15) is 11.9 Å². The lowest BCUT2D eigenvalue weighted by Gasteiger charge is -2.28. The van der Waals surface area contributed by atoms with Gasteiger partial charge in [0.25, 0.3) is 0 Å². The summed E-state index contributed by atoms with van der Waals surface area (Å²) in [6, 6.07) is 6.20. The summed E-state index contributed by atoms with van der Waals surface area (Å²) < 4.78 is 11.1. The van der Waals surface area contributed by atoms with E-state index in [2.05, 4.69) is 31.3 Å². The molecule has 0 aliphatic carbocycles. The smallest absolute Gasteiger partial charge is 0.146 e. The zero-order valence-corrected chi connectivity index (χ0v) is 9.99. The lowest BCUT2D eigenvalue weighted by Crippen LogP contribution is -2.23. The molecule has 88 valence electrons. The van der Waals surface area contributed by atoms with E-state index in [4.69, 9.17) is 9.15 Å². The van der Waals surface area contributed by atoms with Crippen molar-refractivity contribution in [3.8, 4) is 5.75 Å². The van der Waals surface area contributed by atoms with Gasteiger partial charge < -0.3 is 14.5 Å². The lowest BCUT2D eigenvalue weighted by atomic mass is 10.1. The van der Waals surface area contributed by atoms with Gasteiger partial charge >= 0.3 is 0 Å². The Morgan fingerprint density at radius 1 is 1.29 bits per heavy atom. The van der Waals surface area contributed by atoms with Gasteiger partial charge in [0.2, 0.25) is 0 Å². The summed E-state index contributed by atoms with van der Waals surface area (Å²) >= 11 is 0. The first-order valence-electron chi connectivity index (χ1n) is 5.78. The fraction of sp³-hybridized carbons (Fsp3) is 0.286. The molecule has 0 amide bonds. The van der Waals surface area contributed by atoms with E-state index in [0.717, 1.165) is 23.5 Å². The highest BCUT2D eigenvalue weighted by Crippen LogP contribution is 2.37. The van der Waals surface area contributed by atoms with Crippen molar-refractivity contribution in [3.05, 3.63) is 47.4 Å². The molecule has 3 heteroatoms. The summed E-state index contributed by atoms with van der Waals surface area (Å²) in [5.74, 6) is 0.952. The summed E-state index contributed by atoms with van der Waals surface area (Å²) in [7, 11) is 0. The van der Waals surface area contributed by atoms with Gasteiger partial charge in [-0.15, -0.1) is 0 Å². The third-order valence-electron chi connectivity index (χ3n) is 3.07. The van der Waals surface area contributed by atoms with Gasteiger partial charge in [-0.25, -0.2) is 0 Å². The molecule has 2 heterocycles. The largest absolute Gasteiger partial charge is 0.481 e. The number of hydrogen-bond donors (Lipinski definition) is 1. The number of aryl methyl sites for hydroxylation is 2. The van der Waals surface area contributed by atoms with Crippen LogP contribution >= 0.6 is 0 Å². The maximum atomic E-state index is 6.04. The van der Waals surface area contributed by atoms with Gasteiger partial charge in [0.05, 0.1) is 24.8 Å². The van der Waals surface area contributed by atoms with Crippen molar-refractivity contribution < 1.29 is 9.15 Å². The van der Waals surface area contributed by atoms with Crippen LogP contribution < -0.4 is 10.1 Å². The van der Waals surface area contributed by atoms with Crippen molar-refractivity contribution in [2.24, 2.45) is 0 Å². The van der Waals surface area contributed by atoms with E-state index in [1.54, 1.807) is 12.5 Å². The molecular formula is C14H15NO2. The number of benzene rings is 1. The molecule has 3 rings (SSSR count). The van der Waals surface area contributed by atoms with E-state index in [9.17, 15) is 0 Å². The highest BCUT2D eigenvalue weighted by Gasteiger charge is 2.23. The number of fused-ring (bicyclic) bond motifs is 1. The van der Waals surface area contributed by atoms with Gasteiger partial charge in [0, 0.05) is 5.56 Å². The summed E-state index contributed by atoms with van der Waals surface area (Å²) in [6.07, 6.45) is 3.44. The Balaban J connectivity index is 1.95. The first kappa shape index (κ1) is 10.3. The Morgan fingerprint density at radius 2 is 2.18 bits per heavy atom. The first-order valence-corrected chi connectivity index (χ1v) is 5.78. The zero-order chi connectivity index (χ0) is 11.8. The van der Waals surface area contributed by atoms with E-state index in [-0.39, 0.29) is 6.10 Å². The van der Waals surface area contributed by atoms with Crippen molar-refractivity contribution in [3.63, 3.8) is 0 Å². The second kappa shape index (κ2) is 3.84. The molecular weight excluding hydrogens is 214 g/mol. The Bertz CT molecular complexity index is 531. The van der Waals surface area contributed by atoms with E-state index < -0.39 is 0 Å². The molecule has 1 aromatic carbocycles. The number of furan rings is 1.